The first-order valence-corrected chi connectivity index (χ1v) is 8.16. The van der Waals surface area contributed by atoms with Crippen molar-refractivity contribution in [3.63, 3.8) is 0 Å². The highest BCUT2D eigenvalue weighted by Crippen LogP contribution is 2.37. The van der Waals surface area contributed by atoms with Crippen molar-refractivity contribution < 1.29 is 0 Å². The van der Waals surface area contributed by atoms with E-state index in [1.165, 1.54) is 43.6 Å². The molecule has 106 valence electrons. The molecule has 2 aromatic rings. The van der Waals surface area contributed by atoms with Crippen LogP contribution in [0.15, 0.2) is 30.3 Å². The van der Waals surface area contributed by atoms with Gasteiger partial charge in [-0.05, 0) is 29.4 Å². The van der Waals surface area contributed by atoms with Crippen molar-refractivity contribution >= 4 is 22.4 Å². The maximum atomic E-state index is 6.03. The Bertz CT molecular complexity index is 544. The summed E-state index contributed by atoms with van der Waals surface area (Å²) in [4.78, 5) is 0. The molecule has 4 heteroatoms. The van der Waals surface area contributed by atoms with Crippen molar-refractivity contribution in [2.24, 2.45) is 5.92 Å². The maximum absolute atomic E-state index is 6.03. The first-order valence-electron chi connectivity index (χ1n) is 7.39. The molecule has 0 radical (unpaired) electrons. The van der Waals surface area contributed by atoms with Gasteiger partial charge < -0.3 is 11.1 Å². The SMILES string of the molecule is Nc1nsc(NCCC2CCCC2)c1-c1ccccc1. The fraction of sp³-hybridized carbons (Fsp3) is 0.438. The van der Waals surface area contributed by atoms with Crippen molar-refractivity contribution in [1.82, 2.24) is 4.37 Å². The van der Waals surface area contributed by atoms with Crippen molar-refractivity contribution in [2.45, 2.75) is 32.1 Å². The Hall–Kier alpha value is -1.55. The van der Waals surface area contributed by atoms with E-state index in [1.807, 2.05) is 18.2 Å². The predicted octanol–water partition coefficient (Wildman–Crippen LogP) is 4.38. The van der Waals surface area contributed by atoms with Gasteiger partial charge in [0.2, 0.25) is 0 Å². The minimum Gasteiger partial charge on any atom is -0.382 e. The second-order valence-electron chi connectivity index (χ2n) is 5.50. The number of benzene rings is 1. The van der Waals surface area contributed by atoms with Crippen molar-refractivity contribution in [1.29, 1.82) is 0 Å². The molecule has 1 aliphatic carbocycles. The first-order chi connectivity index (χ1) is 9.84. The molecule has 20 heavy (non-hydrogen) atoms. The zero-order valence-corrected chi connectivity index (χ0v) is 12.5. The smallest absolute Gasteiger partial charge is 0.147 e. The highest BCUT2D eigenvalue weighted by Gasteiger charge is 2.16. The molecule has 0 unspecified atom stereocenters. The zero-order valence-electron chi connectivity index (χ0n) is 11.6. The lowest BCUT2D eigenvalue weighted by molar-refractivity contribution is 0.519. The number of hydrogen-bond donors (Lipinski definition) is 2. The third-order valence-electron chi connectivity index (χ3n) is 4.09. The molecule has 0 saturated heterocycles. The van der Waals surface area contributed by atoms with Crippen LogP contribution in [0.4, 0.5) is 10.8 Å². The molecule has 1 fully saturated rings. The number of nitrogens with two attached hydrogens (primary N) is 1. The van der Waals surface area contributed by atoms with Crippen molar-refractivity contribution in [3.8, 4) is 11.1 Å². The largest absolute Gasteiger partial charge is 0.382 e. The average molecular weight is 287 g/mol. The van der Waals surface area contributed by atoms with E-state index in [1.54, 1.807) is 0 Å². The summed E-state index contributed by atoms with van der Waals surface area (Å²) in [6.07, 6.45) is 6.88. The Kier molecular flexibility index (Phi) is 4.21. The molecule has 0 aliphatic heterocycles. The van der Waals surface area contributed by atoms with Crippen LogP contribution >= 0.6 is 11.5 Å². The van der Waals surface area contributed by atoms with E-state index >= 15 is 0 Å². The molecule has 0 amide bonds. The standard InChI is InChI=1S/C16H21N3S/c17-15-14(13-8-2-1-3-9-13)16(20-19-15)18-11-10-12-6-4-5-7-12/h1-3,8-9,12,18H,4-7,10-11H2,(H2,17,19). The van der Waals surface area contributed by atoms with Gasteiger partial charge in [-0.3, -0.25) is 0 Å². The summed E-state index contributed by atoms with van der Waals surface area (Å²) in [5, 5.41) is 4.64. The van der Waals surface area contributed by atoms with E-state index in [0.29, 0.717) is 5.82 Å². The summed E-state index contributed by atoms with van der Waals surface area (Å²) < 4.78 is 4.30. The van der Waals surface area contributed by atoms with Gasteiger partial charge in [0.1, 0.15) is 10.8 Å². The van der Waals surface area contributed by atoms with Crippen LogP contribution < -0.4 is 11.1 Å². The second kappa shape index (κ2) is 6.27. The monoisotopic (exact) mass is 287 g/mol. The van der Waals surface area contributed by atoms with E-state index in [4.69, 9.17) is 5.73 Å². The van der Waals surface area contributed by atoms with Gasteiger partial charge in [-0.15, -0.1) is 0 Å². The van der Waals surface area contributed by atoms with Gasteiger partial charge in [0.05, 0.1) is 5.56 Å². The highest BCUT2D eigenvalue weighted by molar-refractivity contribution is 7.11. The van der Waals surface area contributed by atoms with Crippen molar-refractivity contribution in [3.05, 3.63) is 30.3 Å². The highest BCUT2D eigenvalue weighted by atomic mass is 32.1. The fourth-order valence-electron chi connectivity index (χ4n) is 3.00. The number of rotatable bonds is 5. The summed E-state index contributed by atoms with van der Waals surface area (Å²) in [7, 11) is 0. The maximum Gasteiger partial charge on any atom is 0.147 e. The minimum absolute atomic E-state index is 0.629. The van der Waals surface area contributed by atoms with Crippen LogP contribution in [0.1, 0.15) is 32.1 Å². The van der Waals surface area contributed by atoms with Crippen LogP contribution in [-0.4, -0.2) is 10.9 Å². The summed E-state index contributed by atoms with van der Waals surface area (Å²) in [6.45, 7) is 1.02. The molecule has 1 aromatic heterocycles. The lowest BCUT2D eigenvalue weighted by atomic mass is 10.0. The normalized spacial score (nSPS) is 15.6. The summed E-state index contributed by atoms with van der Waals surface area (Å²) >= 11 is 1.47. The topological polar surface area (TPSA) is 50.9 Å². The molecule has 1 saturated carbocycles. The van der Waals surface area contributed by atoms with E-state index in [-0.39, 0.29) is 0 Å². The molecule has 0 bridgehead atoms. The number of aromatic nitrogens is 1. The first kappa shape index (κ1) is 13.4. The van der Waals surface area contributed by atoms with E-state index < -0.39 is 0 Å². The summed E-state index contributed by atoms with van der Waals surface area (Å²) in [6, 6.07) is 10.3. The number of anilines is 2. The lowest BCUT2D eigenvalue weighted by Crippen LogP contribution is -2.06. The van der Waals surface area contributed by atoms with Crippen LogP contribution in [0.2, 0.25) is 0 Å². The molecule has 1 aliphatic rings. The average Bonchev–Trinajstić information content (AvgIpc) is 3.10. The third-order valence-corrected chi connectivity index (χ3v) is 4.91. The van der Waals surface area contributed by atoms with E-state index in [9.17, 15) is 0 Å². The van der Waals surface area contributed by atoms with Gasteiger partial charge in [-0.2, -0.15) is 4.37 Å². The molecule has 1 aromatic carbocycles. The molecular weight excluding hydrogens is 266 g/mol. The van der Waals surface area contributed by atoms with Crippen LogP contribution in [0.3, 0.4) is 0 Å². The number of nitrogens with one attached hydrogen (secondary N) is 1. The molecule has 3 nitrogen and oxygen atoms in total. The third kappa shape index (κ3) is 2.96. The Morgan fingerprint density at radius 2 is 1.95 bits per heavy atom. The van der Waals surface area contributed by atoms with Gasteiger partial charge in [-0.1, -0.05) is 56.0 Å². The van der Waals surface area contributed by atoms with Gasteiger partial charge in [0.25, 0.3) is 0 Å². The van der Waals surface area contributed by atoms with Gasteiger partial charge in [0, 0.05) is 6.54 Å². The quantitative estimate of drug-likeness (QED) is 0.857. The molecule has 3 rings (SSSR count). The van der Waals surface area contributed by atoms with Gasteiger partial charge in [-0.25, -0.2) is 0 Å². The van der Waals surface area contributed by atoms with Crippen LogP contribution in [-0.2, 0) is 0 Å². The molecular formula is C16H21N3S. The molecule has 3 N–H and O–H groups in total. The summed E-state index contributed by atoms with van der Waals surface area (Å²) in [5.74, 6) is 1.54. The number of hydrogen-bond acceptors (Lipinski definition) is 4. The molecule has 0 spiro atoms. The van der Waals surface area contributed by atoms with Crippen LogP contribution in [0.25, 0.3) is 11.1 Å². The number of nitrogen functional groups attached to an aromatic ring is 1. The Balaban J connectivity index is 1.67. The number of nitrogens with zero attached hydrogens (tertiary/aromatic N) is 1. The molecule has 1 heterocycles. The Morgan fingerprint density at radius 1 is 1.20 bits per heavy atom. The predicted molar refractivity (Wildman–Crippen MR) is 87.0 cm³/mol. The Morgan fingerprint density at radius 3 is 2.70 bits per heavy atom. The Labute approximate surface area is 124 Å². The van der Waals surface area contributed by atoms with Gasteiger partial charge in [0.15, 0.2) is 0 Å². The van der Waals surface area contributed by atoms with Crippen LogP contribution in [0.5, 0.6) is 0 Å². The van der Waals surface area contributed by atoms with E-state index in [2.05, 4.69) is 21.8 Å². The fourth-order valence-corrected chi connectivity index (χ4v) is 3.76. The van der Waals surface area contributed by atoms with E-state index in [0.717, 1.165) is 28.6 Å². The van der Waals surface area contributed by atoms with Gasteiger partial charge >= 0.3 is 0 Å². The molecule has 0 atom stereocenters. The zero-order chi connectivity index (χ0) is 13.8. The summed E-state index contributed by atoms with van der Waals surface area (Å²) in [5.41, 5.74) is 8.22. The van der Waals surface area contributed by atoms with Crippen molar-refractivity contribution in [2.75, 3.05) is 17.6 Å². The minimum atomic E-state index is 0.629. The second-order valence-corrected chi connectivity index (χ2v) is 6.28. The van der Waals surface area contributed by atoms with Crippen LogP contribution in [0, 0.1) is 5.92 Å². The lowest BCUT2D eigenvalue weighted by Gasteiger charge is -2.11.